The minimum Gasteiger partial charge on any atom is -0.494 e. The molecule has 2 unspecified atom stereocenters. The molecule has 2 saturated heterocycles. The van der Waals surface area contributed by atoms with Crippen molar-refractivity contribution < 1.29 is 9.47 Å². The lowest BCUT2D eigenvalue weighted by molar-refractivity contribution is -0.0412. The van der Waals surface area contributed by atoms with E-state index in [9.17, 15) is 0 Å². The van der Waals surface area contributed by atoms with E-state index in [-0.39, 0.29) is 0 Å². The molecule has 0 amide bonds. The minimum absolute atomic E-state index is 0.426. The Labute approximate surface area is 114 Å². The van der Waals surface area contributed by atoms with E-state index < -0.39 is 0 Å². The highest BCUT2D eigenvalue weighted by atomic mass is 16.5. The van der Waals surface area contributed by atoms with E-state index in [1.54, 1.807) is 0 Å². The summed E-state index contributed by atoms with van der Waals surface area (Å²) in [4.78, 5) is 2.46. The van der Waals surface area contributed by atoms with Crippen LogP contribution in [-0.4, -0.2) is 36.8 Å². The van der Waals surface area contributed by atoms with Crippen LogP contribution in [0.15, 0.2) is 18.2 Å². The number of hydrogen-bond donors (Lipinski definition) is 1. The van der Waals surface area contributed by atoms with E-state index >= 15 is 0 Å². The molecule has 2 aliphatic rings. The van der Waals surface area contributed by atoms with Gasteiger partial charge in [-0.25, -0.2) is 0 Å². The molecule has 3 rings (SSSR count). The zero-order valence-electron chi connectivity index (χ0n) is 11.5. The van der Waals surface area contributed by atoms with Gasteiger partial charge in [0, 0.05) is 30.9 Å². The summed E-state index contributed by atoms with van der Waals surface area (Å²) in [5, 5.41) is 0. The molecule has 1 aromatic rings. The fourth-order valence-corrected chi connectivity index (χ4v) is 3.09. The first-order chi connectivity index (χ1) is 9.24. The molecule has 2 aliphatic heterocycles. The highest BCUT2D eigenvalue weighted by molar-refractivity contribution is 5.47. The Kier molecular flexibility index (Phi) is 3.62. The van der Waals surface area contributed by atoms with Crippen molar-refractivity contribution in [2.24, 2.45) is 0 Å². The van der Waals surface area contributed by atoms with Crippen LogP contribution in [0.5, 0.6) is 5.75 Å². The van der Waals surface area contributed by atoms with Crippen LogP contribution in [0.1, 0.15) is 25.3 Å². The van der Waals surface area contributed by atoms with Crippen LogP contribution in [0.2, 0.25) is 0 Å². The maximum absolute atomic E-state index is 5.90. The van der Waals surface area contributed by atoms with Crippen LogP contribution in [-0.2, 0) is 11.3 Å². The van der Waals surface area contributed by atoms with E-state index in [1.165, 1.54) is 18.4 Å². The van der Waals surface area contributed by atoms with Gasteiger partial charge in [0.05, 0.1) is 18.8 Å². The van der Waals surface area contributed by atoms with Gasteiger partial charge in [-0.1, -0.05) is 0 Å². The number of morpholine rings is 1. The smallest absolute Gasteiger partial charge is 0.123 e. The molecule has 2 fully saturated rings. The van der Waals surface area contributed by atoms with Gasteiger partial charge < -0.3 is 15.2 Å². The normalized spacial score (nSPS) is 26.6. The molecule has 0 radical (unpaired) electrons. The molecule has 0 saturated carbocycles. The quantitative estimate of drug-likeness (QED) is 0.843. The highest BCUT2D eigenvalue weighted by Gasteiger charge is 2.33. The first-order valence-corrected chi connectivity index (χ1v) is 7.13. The monoisotopic (exact) mass is 262 g/mol. The molecule has 104 valence electrons. The predicted molar refractivity (Wildman–Crippen MR) is 75.2 cm³/mol. The third-order valence-corrected chi connectivity index (χ3v) is 3.90. The van der Waals surface area contributed by atoms with E-state index in [0.29, 0.717) is 18.8 Å². The Morgan fingerprint density at radius 2 is 2.05 bits per heavy atom. The Morgan fingerprint density at radius 3 is 2.74 bits per heavy atom. The van der Waals surface area contributed by atoms with Crippen molar-refractivity contribution in [1.82, 2.24) is 4.90 Å². The standard InChI is InChI=1S/C15H22N2O2/c1-2-18-15-6-3-12(16)7-11(15)8-17-9-13-4-5-14(10-17)19-13/h3,6-7,13-14H,2,4-5,8-10,16H2,1H3. The summed E-state index contributed by atoms with van der Waals surface area (Å²) in [5.74, 6) is 0.954. The molecule has 0 aliphatic carbocycles. The van der Waals surface area contributed by atoms with Crippen molar-refractivity contribution in [2.75, 3.05) is 25.4 Å². The summed E-state index contributed by atoms with van der Waals surface area (Å²) in [5.41, 5.74) is 7.88. The molecule has 0 spiro atoms. The molecular formula is C15H22N2O2. The van der Waals surface area contributed by atoms with Crippen LogP contribution < -0.4 is 10.5 Å². The van der Waals surface area contributed by atoms with Crippen molar-refractivity contribution in [3.63, 3.8) is 0 Å². The largest absolute Gasteiger partial charge is 0.494 e. The molecule has 19 heavy (non-hydrogen) atoms. The van der Waals surface area contributed by atoms with Gasteiger partial charge in [0.15, 0.2) is 0 Å². The van der Waals surface area contributed by atoms with E-state index in [1.807, 2.05) is 25.1 Å². The number of ether oxygens (including phenoxy) is 2. The Morgan fingerprint density at radius 1 is 1.32 bits per heavy atom. The highest BCUT2D eigenvalue weighted by Crippen LogP contribution is 2.29. The summed E-state index contributed by atoms with van der Waals surface area (Å²) in [6, 6.07) is 5.91. The maximum atomic E-state index is 5.90. The molecule has 4 nitrogen and oxygen atoms in total. The van der Waals surface area contributed by atoms with Crippen molar-refractivity contribution >= 4 is 5.69 Å². The molecule has 2 N–H and O–H groups in total. The van der Waals surface area contributed by atoms with Gasteiger partial charge >= 0.3 is 0 Å². The number of benzene rings is 1. The third-order valence-electron chi connectivity index (χ3n) is 3.90. The van der Waals surface area contributed by atoms with Gasteiger partial charge in [0.25, 0.3) is 0 Å². The number of hydrogen-bond acceptors (Lipinski definition) is 4. The van der Waals surface area contributed by atoms with Gasteiger partial charge in [-0.15, -0.1) is 0 Å². The molecule has 1 aromatic carbocycles. The molecular weight excluding hydrogens is 240 g/mol. The predicted octanol–water partition coefficient (Wildman–Crippen LogP) is 2.03. The lowest BCUT2D eigenvalue weighted by Gasteiger charge is -2.32. The number of fused-ring (bicyclic) bond motifs is 2. The second kappa shape index (κ2) is 5.39. The molecule has 4 heteroatoms. The zero-order valence-corrected chi connectivity index (χ0v) is 11.5. The van der Waals surface area contributed by atoms with Gasteiger partial charge in [-0.2, -0.15) is 0 Å². The van der Waals surface area contributed by atoms with Crippen molar-refractivity contribution in [2.45, 2.75) is 38.5 Å². The van der Waals surface area contributed by atoms with Gasteiger partial charge in [0.2, 0.25) is 0 Å². The number of nitrogens with zero attached hydrogens (tertiary/aromatic N) is 1. The first kappa shape index (κ1) is 12.8. The van der Waals surface area contributed by atoms with Crippen LogP contribution >= 0.6 is 0 Å². The van der Waals surface area contributed by atoms with Crippen LogP contribution in [0.4, 0.5) is 5.69 Å². The number of likely N-dealkylation sites (tertiary alicyclic amines) is 1. The van der Waals surface area contributed by atoms with Gasteiger partial charge in [-0.3, -0.25) is 4.90 Å². The van der Waals surface area contributed by atoms with Gasteiger partial charge in [-0.05, 0) is 38.0 Å². The summed E-state index contributed by atoms with van der Waals surface area (Å²) < 4.78 is 11.6. The van der Waals surface area contributed by atoms with Crippen LogP contribution in [0, 0.1) is 0 Å². The van der Waals surface area contributed by atoms with E-state index in [0.717, 1.165) is 31.1 Å². The Balaban J connectivity index is 1.73. The first-order valence-electron chi connectivity index (χ1n) is 7.13. The number of nitrogen functional groups attached to an aromatic ring is 1. The average molecular weight is 262 g/mol. The van der Waals surface area contributed by atoms with Crippen molar-refractivity contribution in [3.05, 3.63) is 23.8 Å². The van der Waals surface area contributed by atoms with Crippen molar-refractivity contribution in [1.29, 1.82) is 0 Å². The summed E-state index contributed by atoms with van der Waals surface area (Å²) in [7, 11) is 0. The molecule has 2 bridgehead atoms. The van der Waals surface area contributed by atoms with Crippen LogP contribution in [0.3, 0.4) is 0 Å². The molecule has 2 atom stereocenters. The minimum atomic E-state index is 0.426. The Hall–Kier alpha value is -1.26. The van der Waals surface area contributed by atoms with E-state index in [4.69, 9.17) is 15.2 Å². The maximum Gasteiger partial charge on any atom is 0.123 e. The third kappa shape index (κ3) is 2.85. The summed E-state index contributed by atoms with van der Waals surface area (Å²) in [6.45, 7) is 5.64. The average Bonchev–Trinajstić information content (AvgIpc) is 2.72. The fraction of sp³-hybridized carbons (Fsp3) is 0.600. The summed E-state index contributed by atoms with van der Waals surface area (Å²) >= 11 is 0. The number of anilines is 1. The Bertz CT molecular complexity index is 438. The number of nitrogens with two attached hydrogens (primary N) is 1. The second-order valence-electron chi connectivity index (χ2n) is 5.45. The van der Waals surface area contributed by atoms with Crippen molar-refractivity contribution in [3.8, 4) is 5.75 Å². The molecule has 2 heterocycles. The topological polar surface area (TPSA) is 47.7 Å². The second-order valence-corrected chi connectivity index (χ2v) is 5.45. The van der Waals surface area contributed by atoms with Gasteiger partial charge in [0.1, 0.15) is 5.75 Å². The lowest BCUT2D eigenvalue weighted by Crippen LogP contribution is -2.42. The fourth-order valence-electron chi connectivity index (χ4n) is 3.09. The van der Waals surface area contributed by atoms with Crippen LogP contribution in [0.25, 0.3) is 0 Å². The lowest BCUT2D eigenvalue weighted by atomic mass is 10.1. The van der Waals surface area contributed by atoms with E-state index in [2.05, 4.69) is 4.90 Å². The zero-order chi connectivity index (χ0) is 13.2. The summed E-state index contributed by atoms with van der Waals surface area (Å²) in [6.07, 6.45) is 3.26. The molecule has 0 aromatic heterocycles. The number of rotatable bonds is 4. The SMILES string of the molecule is CCOc1ccc(N)cc1CN1CC2CCC(C1)O2.